The van der Waals surface area contributed by atoms with Gasteiger partial charge in [0.25, 0.3) is 11.8 Å². The average Bonchev–Trinajstić information content (AvgIpc) is 2.89. The lowest BCUT2D eigenvalue weighted by atomic mass is 9.78. The van der Waals surface area contributed by atoms with E-state index in [1.165, 1.54) is 18.2 Å². The number of carbonyl (C=O) groups is 2. The van der Waals surface area contributed by atoms with Crippen LogP contribution < -0.4 is 10.2 Å². The van der Waals surface area contributed by atoms with Crippen molar-refractivity contribution in [3.63, 3.8) is 0 Å². The Balaban J connectivity index is 1.34. The van der Waals surface area contributed by atoms with Crippen molar-refractivity contribution in [1.29, 1.82) is 0 Å². The number of anilines is 1. The van der Waals surface area contributed by atoms with Crippen LogP contribution in [-0.4, -0.2) is 17.9 Å². The maximum absolute atomic E-state index is 13.6. The SMILES string of the molecule is C[C@@H]1[C@H](C)CCC[C@@H]1NC(=O)c1ccc(/C=C2/Sc3ccccc3N(Cc3cccc(Cl)c3)C2=O)cc1. The molecule has 1 fully saturated rings. The molecule has 1 saturated carbocycles. The van der Waals surface area contributed by atoms with Crippen LogP contribution in [0.2, 0.25) is 5.02 Å². The predicted octanol–water partition coefficient (Wildman–Crippen LogP) is 7.57. The molecular weight excluding hydrogens is 500 g/mol. The van der Waals surface area contributed by atoms with E-state index in [9.17, 15) is 9.59 Å². The fourth-order valence-electron chi connectivity index (χ4n) is 5.16. The highest BCUT2D eigenvalue weighted by Gasteiger charge is 2.30. The number of para-hydroxylation sites is 1. The Kier molecular flexibility index (Phi) is 7.73. The molecule has 190 valence electrons. The van der Waals surface area contributed by atoms with Gasteiger partial charge in [0, 0.05) is 21.5 Å². The van der Waals surface area contributed by atoms with E-state index < -0.39 is 0 Å². The van der Waals surface area contributed by atoms with Gasteiger partial charge in [-0.1, -0.05) is 86.5 Å². The second kappa shape index (κ2) is 11.2. The van der Waals surface area contributed by atoms with Gasteiger partial charge in [0.2, 0.25) is 0 Å². The summed E-state index contributed by atoms with van der Waals surface area (Å²) >= 11 is 7.67. The molecule has 4 nitrogen and oxygen atoms in total. The highest BCUT2D eigenvalue weighted by molar-refractivity contribution is 8.04. The summed E-state index contributed by atoms with van der Waals surface area (Å²) in [4.78, 5) is 29.9. The molecule has 37 heavy (non-hydrogen) atoms. The van der Waals surface area contributed by atoms with E-state index in [0.29, 0.717) is 33.9 Å². The third-order valence-corrected chi connectivity index (χ3v) is 8.87. The van der Waals surface area contributed by atoms with E-state index >= 15 is 0 Å². The molecule has 1 aliphatic carbocycles. The number of nitrogens with zero attached hydrogens (tertiary/aromatic N) is 1. The molecule has 0 radical (unpaired) electrons. The number of rotatable bonds is 5. The minimum Gasteiger partial charge on any atom is -0.349 e. The molecule has 3 atom stereocenters. The van der Waals surface area contributed by atoms with Crippen LogP contribution in [-0.2, 0) is 11.3 Å². The van der Waals surface area contributed by atoms with Gasteiger partial charge in [0.15, 0.2) is 0 Å². The van der Waals surface area contributed by atoms with E-state index in [4.69, 9.17) is 11.6 Å². The second-order valence-electron chi connectivity index (χ2n) is 10.1. The van der Waals surface area contributed by atoms with Gasteiger partial charge in [-0.05, 0) is 71.9 Å². The smallest absolute Gasteiger partial charge is 0.265 e. The fourth-order valence-corrected chi connectivity index (χ4v) is 6.43. The largest absolute Gasteiger partial charge is 0.349 e. The van der Waals surface area contributed by atoms with Gasteiger partial charge in [0.05, 0.1) is 17.1 Å². The molecule has 3 aromatic carbocycles. The summed E-state index contributed by atoms with van der Waals surface area (Å²) < 4.78 is 0. The number of thioether (sulfide) groups is 1. The molecule has 3 aromatic rings. The summed E-state index contributed by atoms with van der Waals surface area (Å²) in [5.74, 6) is 1.02. The van der Waals surface area contributed by atoms with Crippen molar-refractivity contribution in [2.45, 2.75) is 50.6 Å². The Bertz CT molecular complexity index is 1340. The van der Waals surface area contributed by atoms with Gasteiger partial charge < -0.3 is 10.2 Å². The van der Waals surface area contributed by atoms with Crippen LogP contribution in [0.4, 0.5) is 5.69 Å². The topological polar surface area (TPSA) is 49.4 Å². The molecule has 1 N–H and O–H groups in total. The first kappa shape index (κ1) is 25.6. The number of fused-ring (bicyclic) bond motifs is 1. The van der Waals surface area contributed by atoms with Crippen molar-refractivity contribution in [2.75, 3.05) is 4.90 Å². The van der Waals surface area contributed by atoms with Crippen LogP contribution in [0.3, 0.4) is 0 Å². The Hall–Kier alpha value is -3.02. The highest BCUT2D eigenvalue weighted by atomic mass is 35.5. The summed E-state index contributed by atoms with van der Waals surface area (Å²) in [6, 6.07) is 23.3. The molecule has 0 spiro atoms. The van der Waals surface area contributed by atoms with Crippen molar-refractivity contribution in [2.24, 2.45) is 11.8 Å². The van der Waals surface area contributed by atoms with E-state index in [2.05, 4.69) is 19.2 Å². The lowest BCUT2D eigenvalue weighted by Crippen LogP contribution is -2.43. The molecule has 1 aliphatic heterocycles. The van der Waals surface area contributed by atoms with Crippen LogP contribution >= 0.6 is 23.4 Å². The van der Waals surface area contributed by atoms with E-state index in [1.807, 2.05) is 78.9 Å². The van der Waals surface area contributed by atoms with Crippen LogP contribution in [0.5, 0.6) is 0 Å². The first-order valence-corrected chi connectivity index (χ1v) is 14.0. The monoisotopic (exact) mass is 530 g/mol. The molecule has 6 heteroatoms. The number of carbonyl (C=O) groups excluding carboxylic acids is 2. The summed E-state index contributed by atoms with van der Waals surface area (Å²) in [7, 11) is 0. The maximum Gasteiger partial charge on any atom is 0.265 e. The Morgan fingerprint density at radius 3 is 2.62 bits per heavy atom. The molecule has 0 saturated heterocycles. The Morgan fingerprint density at radius 2 is 1.84 bits per heavy atom. The number of nitrogens with one attached hydrogen (secondary N) is 1. The molecule has 2 amide bonds. The van der Waals surface area contributed by atoms with Crippen LogP contribution in [0, 0.1) is 11.8 Å². The number of hydrogen-bond donors (Lipinski definition) is 1. The van der Waals surface area contributed by atoms with Gasteiger partial charge >= 0.3 is 0 Å². The van der Waals surface area contributed by atoms with Gasteiger partial charge in [-0.25, -0.2) is 0 Å². The first-order chi connectivity index (χ1) is 17.9. The minimum atomic E-state index is -0.0501. The van der Waals surface area contributed by atoms with Gasteiger partial charge in [-0.3, -0.25) is 9.59 Å². The third-order valence-electron chi connectivity index (χ3n) is 7.56. The Morgan fingerprint density at radius 1 is 1.05 bits per heavy atom. The van der Waals surface area contributed by atoms with Crippen molar-refractivity contribution in [3.8, 4) is 0 Å². The Labute approximate surface area is 228 Å². The average molecular weight is 531 g/mol. The quantitative estimate of drug-likeness (QED) is 0.346. The van der Waals surface area contributed by atoms with Gasteiger partial charge in [-0.15, -0.1) is 0 Å². The van der Waals surface area contributed by atoms with Crippen molar-refractivity contribution in [1.82, 2.24) is 5.32 Å². The number of hydrogen-bond acceptors (Lipinski definition) is 3. The highest BCUT2D eigenvalue weighted by Crippen LogP contribution is 2.42. The molecule has 1 heterocycles. The summed E-state index contributed by atoms with van der Waals surface area (Å²) in [6.45, 7) is 4.94. The summed E-state index contributed by atoms with van der Waals surface area (Å²) in [6.07, 6.45) is 5.33. The molecule has 2 aliphatic rings. The summed E-state index contributed by atoms with van der Waals surface area (Å²) in [5.41, 5.74) is 3.39. The minimum absolute atomic E-state index is 0.0325. The lowest BCUT2D eigenvalue weighted by molar-refractivity contribution is -0.114. The lowest BCUT2D eigenvalue weighted by Gasteiger charge is -2.34. The van der Waals surface area contributed by atoms with Crippen LogP contribution in [0.25, 0.3) is 6.08 Å². The van der Waals surface area contributed by atoms with Crippen molar-refractivity contribution < 1.29 is 9.59 Å². The maximum atomic E-state index is 13.6. The molecule has 5 rings (SSSR count). The predicted molar refractivity (Wildman–Crippen MR) is 153 cm³/mol. The van der Waals surface area contributed by atoms with E-state index in [-0.39, 0.29) is 17.9 Å². The second-order valence-corrected chi connectivity index (χ2v) is 11.6. The van der Waals surface area contributed by atoms with E-state index in [0.717, 1.165) is 34.6 Å². The molecular formula is C31H31ClN2O2S. The van der Waals surface area contributed by atoms with Gasteiger partial charge in [0.1, 0.15) is 0 Å². The molecule has 0 bridgehead atoms. The zero-order valence-corrected chi connectivity index (χ0v) is 22.7. The number of amides is 2. The van der Waals surface area contributed by atoms with Crippen molar-refractivity contribution >= 4 is 46.9 Å². The standard InChI is InChI=1S/C31H31ClN2O2S/c1-20-7-5-10-26(21(20)2)33-30(35)24-15-13-22(14-16-24)18-29-31(36)34(19-23-8-6-9-25(32)17-23)27-11-3-4-12-28(27)37-29/h3-4,6,8-9,11-18,20-21,26H,5,7,10,19H2,1-2H3,(H,33,35)/b29-18+/t20-,21-,26+/m1/s1. The third kappa shape index (κ3) is 5.78. The normalized spacial score (nSPS) is 22.6. The molecule has 0 unspecified atom stereocenters. The molecule has 0 aromatic heterocycles. The fraction of sp³-hybridized carbons (Fsp3) is 0.290. The number of halogens is 1. The first-order valence-electron chi connectivity index (χ1n) is 12.8. The number of benzene rings is 3. The van der Waals surface area contributed by atoms with Crippen LogP contribution in [0.15, 0.2) is 82.6 Å². The summed E-state index contributed by atoms with van der Waals surface area (Å²) in [5, 5.41) is 3.89. The van der Waals surface area contributed by atoms with Gasteiger partial charge in [-0.2, -0.15) is 0 Å². The van der Waals surface area contributed by atoms with Crippen molar-refractivity contribution in [3.05, 3.63) is 99.4 Å². The van der Waals surface area contributed by atoms with E-state index in [1.54, 1.807) is 4.90 Å². The zero-order valence-electron chi connectivity index (χ0n) is 21.1. The zero-order chi connectivity index (χ0) is 25.9. The van der Waals surface area contributed by atoms with Crippen LogP contribution in [0.1, 0.15) is 54.6 Å².